The van der Waals surface area contributed by atoms with Gasteiger partial charge in [-0.2, -0.15) is 0 Å². The van der Waals surface area contributed by atoms with Crippen LogP contribution in [0.1, 0.15) is 34.0 Å². The number of benzene rings is 3. The van der Waals surface area contributed by atoms with Gasteiger partial charge in [0.15, 0.2) is 11.5 Å². The molecule has 0 bridgehead atoms. The lowest BCUT2D eigenvalue weighted by Gasteiger charge is -2.16. The van der Waals surface area contributed by atoms with Crippen molar-refractivity contribution in [3.05, 3.63) is 86.3 Å². The molecule has 3 rings (SSSR count). The third-order valence-electron chi connectivity index (χ3n) is 4.74. The normalized spacial score (nSPS) is 10.6. The molecule has 0 heterocycles. The van der Waals surface area contributed by atoms with Gasteiger partial charge in [-0.15, -0.1) is 0 Å². The number of nitrogens with one attached hydrogen (secondary N) is 1. The average Bonchev–Trinajstić information content (AvgIpc) is 2.73. The summed E-state index contributed by atoms with van der Waals surface area (Å²) < 4.78 is 12.7. The molecule has 0 radical (unpaired) electrons. The summed E-state index contributed by atoms with van der Waals surface area (Å²) in [4.78, 5) is 11.1. The van der Waals surface area contributed by atoms with E-state index in [0.29, 0.717) is 31.3 Å². The van der Waals surface area contributed by atoms with E-state index in [0.717, 1.165) is 21.3 Å². The van der Waals surface area contributed by atoms with Crippen LogP contribution in [0.2, 0.25) is 5.02 Å². The van der Waals surface area contributed by atoms with Gasteiger partial charge in [0.2, 0.25) is 0 Å². The van der Waals surface area contributed by atoms with Gasteiger partial charge in [0, 0.05) is 16.7 Å². The van der Waals surface area contributed by atoms with E-state index in [4.69, 9.17) is 26.2 Å². The third kappa shape index (κ3) is 5.93. The number of carboxylic acids is 1. The number of ether oxygens (including phenoxy) is 2. The van der Waals surface area contributed by atoms with Crippen molar-refractivity contribution in [1.29, 1.82) is 0 Å². The minimum atomic E-state index is -1.05. The predicted molar refractivity (Wildman–Crippen MR) is 127 cm³/mol. The molecule has 162 valence electrons. The molecule has 0 spiro atoms. The van der Waals surface area contributed by atoms with Gasteiger partial charge in [-0.05, 0) is 60.9 Å². The second kappa shape index (κ2) is 10.6. The first kappa shape index (κ1) is 23.0. The first-order valence-corrected chi connectivity index (χ1v) is 11.0. The summed E-state index contributed by atoms with van der Waals surface area (Å²) in [6.07, 6.45) is 0. The molecule has 2 N–H and O–H groups in total. The van der Waals surface area contributed by atoms with Crippen LogP contribution in [0, 0.1) is 6.92 Å². The molecule has 7 heteroatoms. The predicted octanol–water partition coefficient (Wildman–Crippen LogP) is 6.70. The van der Waals surface area contributed by atoms with Crippen LogP contribution in [-0.2, 0) is 13.2 Å². The molecule has 0 fully saturated rings. The van der Waals surface area contributed by atoms with Crippen LogP contribution in [0.4, 0.5) is 5.69 Å². The van der Waals surface area contributed by atoms with Crippen molar-refractivity contribution in [3.63, 3.8) is 0 Å². The van der Waals surface area contributed by atoms with Crippen molar-refractivity contribution < 1.29 is 19.4 Å². The van der Waals surface area contributed by atoms with E-state index in [9.17, 15) is 4.79 Å². The molecular weight excluding hydrogens is 482 g/mol. The Balaban J connectivity index is 1.75. The minimum absolute atomic E-state index is 0.0715. The van der Waals surface area contributed by atoms with Crippen molar-refractivity contribution in [2.24, 2.45) is 0 Å². The zero-order valence-corrected chi connectivity index (χ0v) is 19.6. The summed E-state index contributed by atoms with van der Waals surface area (Å²) in [7, 11) is 0. The summed E-state index contributed by atoms with van der Waals surface area (Å²) in [6, 6.07) is 16.7. The van der Waals surface area contributed by atoms with Gasteiger partial charge in [-0.1, -0.05) is 51.8 Å². The molecule has 3 aromatic carbocycles. The highest BCUT2D eigenvalue weighted by atomic mass is 79.9. The van der Waals surface area contributed by atoms with Crippen LogP contribution in [-0.4, -0.2) is 17.7 Å². The fraction of sp³-hybridized carbons (Fsp3) is 0.208. The van der Waals surface area contributed by atoms with E-state index in [1.807, 2.05) is 37.3 Å². The number of hydrogen-bond acceptors (Lipinski definition) is 4. The van der Waals surface area contributed by atoms with Gasteiger partial charge in [0.1, 0.15) is 6.61 Å². The Morgan fingerprint density at radius 1 is 1.06 bits per heavy atom. The number of aryl methyl sites for hydroxylation is 1. The highest BCUT2D eigenvalue weighted by Gasteiger charge is 2.13. The SMILES string of the molecule is CCOc1cc(CNc2ccc(C(=O)O)c(Cl)c2)c(Br)cc1OCc1ccccc1C. The Morgan fingerprint density at radius 2 is 1.81 bits per heavy atom. The quantitative estimate of drug-likeness (QED) is 0.339. The van der Waals surface area contributed by atoms with Crippen molar-refractivity contribution in [3.8, 4) is 11.5 Å². The van der Waals surface area contributed by atoms with Gasteiger partial charge >= 0.3 is 5.97 Å². The Kier molecular flexibility index (Phi) is 7.82. The molecular formula is C24H23BrClNO4. The van der Waals surface area contributed by atoms with Crippen molar-refractivity contribution >= 4 is 39.2 Å². The van der Waals surface area contributed by atoms with E-state index >= 15 is 0 Å². The molecule has 5 nitrogen and oxygen atoms in total. The molecule has 0 aliphatic carbocycles. The molecule has 0 aliphatic heterocycles. The molecule has 3 aromatic rings. The molecule has 31 heavy (non-hydrogen) atoms. The van der Waals surface area contributed by atoms with E-state index in [1.54, 1.807) is 12.1 Å². The summed E-state index contributed by atoms with van der Waals surface area (Å²) >= 11 is 9.67. The number of rotatable bonds is 9. The molecule has 0 saturated carbocycles. The second-order valence-electron chi connectivity index (χ2n) is 6.89. The molecule has 0 aromatic heterocycles. The first-order chi connectivity index (χ1) is 14.9. The third-order valence-corrected chi connectivity index (χ3v) is 5.79. The highest BCUT2D eigenvalue weighted by Crippen LogP contribution is 2.35. The largest absolute Gasteiger partial charge is 0.490 e. The lowest BCUT2D eigenvalue weighted by atomic mass is 10.1. The first-order valence-electron chi connectivity index (χ1n) is 9.78. The maximum absolute atomic E-state index is 11.1. The molecule has 0 atom stereocenters. The number of aromatic carboxylic acids is 1. The smallest absolute Gasteiger partial charge is 0.337 e. The van der Waals surface area contributed by atoms with Gasteiger partial charge in [0.05, 0.1) is 17.2 Å². The van der Waals surface area contributed by atoms with Crippen LogP contribution in [0.3, 0.4) is 0 Å². The Hall–Kier alpha value is -2.70. The standard InChI is InChI=1S/C24H23BrClNO4/c1-3-30-22-10-17(13-27-18-8-9-19(24(28)29)21(26)11-18)20(25)12-23(22)31-14-16-7-5-4-6-15(16)2/h4-12,27H,3,13-14H2,1-2H3,(H,28,29). The van der Waals surface area contributed by atoms with E-state index in [-0.39, 0.29) is 10.6 Å². The molecule has 0 amide bonds. The molecule has 0 unspecified atom stereocenters. The van der Waals surface area contributed by atoms with E-state index in [2.05, 4.69) is 34.2 Å². The zero-order valence-electron chi connectivity index (χ0n) is 17.2. The lowest BCUT2D eigenvalue weighted by molar-refractivity contribution is 0.0697. The summed E-state index contributed by atoms with van der Waals surface area (Å²) in [5.41, 5.74) is 4.05. The van der Waals surface area contributed by atoms with E-state index in [1.165, 1.54) is 11.6 Å². The maximum atomic E-state index is 11.1. The Labute approximate surface area is 195 Å². The zero-order chi connectivity index (χ0) is 22.4. The fourth-order valence-corrected chi connectivity index (χ4v) is 3.74. The fourth-order valence-electron chi connectivity index (χ4n) is 3.02. The summed E-state index contributed by atoms with van der Waals surface area (Å²) in [5.74, 6) is 0.270. The average molecular weight is 505 g/mol. The van der Waals surface area contributed by atoms with Crippen molar-refractivity contribution in [2.75, 3.05) is 11.9 Å². The topological polar surface area (TPSA) is 67.8 Å². The second-order valence-corrected chi connectivity index (χ2v) is 8.15. The molecule has 0 saturated heterocycles. The van der Waals surface area contributed by atoms with Gasteiger partial charge in [-0.25, -0.2) is 4.79 Å². The van der Waals surface area contributed by atoms with Crippen LogP contribution >= 0.6 is 27.5 Å². The van der Waals surface area contributed by atoms with Crippen LogP contribution in [0.5, 0.6) is 11.5 Å². The van der Waals surface area contributed by atoms with E-state index < -0.39 is 5.97 Å². The maximum Gasteiger partial charge on any atom is 0.337 e. The summed E-state index contributed by atoms with van der Waals surface area (Å²) in [6.45, 7) is 5.44. The minimum Gasteiger partial charge on any atom is -0.490 e. The van der Waals surface area contributed by atoms with Gasteiger partial charge in [-0.3, -0.25) is 0 Å². The monoisotopic (exact) mass is 503 g/mol. The van der Waals surface area contributed by atoms with Gasteiger partial charge < -0.3 is 19.9 Å². The van der Waals surface area contributed by atoms with Gasteiger partial charge in [0.25, 0.3) is 0 Å². The summed E-state index contributed by atoms with van der Waals surface area (Å²) in [5, 5.41) is 12.5. The van der Waals surface area contributed by atoms with Crippen molar-refractivity contribution in [2.45, 2.75) is 27.0 Å². The van der Waals surface area contributed by atoms with Crippen LogP contribution in [0.15, 0.2) is 59.1 Å². The Bertz CT molecular complexity index is 1090. The Morgan fingerprint density at radius 3 is 2.48 bits per heavy atom. The highest BCUT2D eigenvalue weighted by molar-refractivity contribution is 9.10. The number of carbonyl (C=O) groups is 1. The lowest BCUT2D eigenvalue weighted by Crippen LogP contribution is -2.05. The number of anilines is 1. The van der Waals surface area contributed by atoms with Crippen LogP contribution < -0.4 is 14.8 Å². The number of halogens is 2. The van der Waals surface area contributed by atoms with Crippen LogP contribution in [0.25, 0.3) is 0 Å². The molecule has 0 aliphatic rings. The number of carboxylic acid groups (broad SMARTS) is 1. The number of hydrogen-bond donors (Lipinski definition) is 2. The van der Waals surface area contributed by atoms with Crippen molar-refractivity contribution in [1.82, 2.24) is 0 Å².